The van der Waals surface area contributed by atoms with Crippen molar-refractivity contribution < 1.29 is 18.8 Å². The van der Waals surface area contributed by atoms with Crippen LogP contribution in [0.3, 0.4) is 0 Å². The Morgan fingerprint density at radius 2 is 1.92 bits per heavy atom. The minimum atomic E-state index is -0.953. The molecule has 132 valence electrons. The van der Waals surface area contributed by atoms with Gasteiger partial charge in [0, 0.05) is 17.3 Å². The highest BCUT2D eigenvalue weighted by Gasteiger charge is 2.15. The van der Waals surface area contributed by atoms with Gasteiger partial charge in [-0.1, -0.05) is 13.8 Å². The van der Waals surface area contributed by atoms with Gasteiger partial charge >= 0.3 is 5.69 Å². The van der Waals surface area contributed by atoms with Gasteiger partial charge < -0.3 is 10.1 Å². The number of carbonyl (C=O) groups is 1. The molecule has 6 nitrogen and oxygen atoms in total. The Hall–Kier alpha value is -2.96. The van der Waals surface area contributed by atoms with Gasteiger partial charge in [0.1, 0.15) is 5.75 Å². The van der Waals surface area contributed by atoms with Gasteiger partial charge in [0.05, 0.1) is 11.5 Å². The third-order valence-corrected chi connectivity index (χ3v) is 3.48. The van der Waals surface area contributed by atoms with Crippen LogP contribution >= 0.6 is 0 Å². The van der Waals surface area contributed by atoms with Crippen LogP contribution in [0, 0.1) is 21.8 Å². The van der Waals surface area contributed by atoms with E-state index in [-0.39, 0.29) is 5.69 Å². The minimum absolute atomic E-state index is 0.148. The molecule has 0 fully saturated rings. The normalized spacial score (nSPS) is 10.6. The summed E-state index contributed by atoms with van der Waals surface area (Å²) < 4.78 is 18.9. The minimum Gasteiger partial charge on any atom is -0.494 e. The fraction of sp³-hybridized carbons (Fsp3) is 0.278. The maximum atomic E-state index is 13.3. The van der Waals surface area contributed by atoms with Gasteiger partial charge in [-0.05, 0) is 48.7 Å². The van der Waals surface area contributed by atoms with Crippen molar-refractivity contribution in [3.63, 3.8) is 0 Å². The molecule has 0 radical (unpaired) electrons. The number of carbonyl (C=O) groups excluding carboxylic acids is 1. The zero-order valence-corrected chi connectivity index (χ0v) is 14.0. The number of halogens is 1. The van der Waals surface area contributed by atoms with Gasteiger partial charge in [-0.3, -0.25) is 14.9 Å². The van der Waals surface area contributed by atoms with Gasteiger partial charge in [-0.25, -0.2) is 0 Å². The second kappa shape index (κ2) is 8.23. The summed E-state index contributed by atoms with van der Waals surface area (Å²) in [6.07, 6.45) is 0.936. The number of nitrogens with one attached hydrogen (secondary N) is 1. The van der Waals surface area contributed by atoms with Crippen molar-refractivity contribution in [3.05, 3.63) is 64.0 Å². The maximum absolute atomic E-state index is 13.3. The first-order valence-corrected chi connectivity index (χ1v) is 7.85. The van der Waals surface area contributed by atoms with Crippen LogP contribution in [0.4, 0.5) is 15.8 Å². The highest BCUT2D eigenvalue weighted by molar-refractivity contribution is 6.04. The Bertz CT molecular complexity index is 760. The van der Waals surface area contributed by atoms with Crippen LogP contribution in [0.25, 0.3) is 0 Å². The highest BCUT2D eigenvalue weighted by Crippen LogP contribution is 2.22. The molecule has 2 aromatic carbocycles. The predicted octanol–water partition coefficient (Wildman–Crippen LogP) is 4.41. The number of anilines is 1. The molecule has 2 aromatic rings. The molecule has 1 amide bonds. The van der Waals surface area contributed by atoms with Crippen molar-refractivity contribution in [1.82, 2.24) is 0 Å². The van der Waals surface area contributed by atoms with E-state index in [9.17, 15) is 19.3 Å². The fourth-order valence-corrected chi connectivity index (χ4v) is 2.05. The van der Waals surface area contributed by atoms with Crippen LogP contribution in [0.5, 0.6) is 5.75 Å². The van der Waals surface area contributed by atoms with E-state index in [1.807, 2.05) is 0 Å². The van der Waals surface area contributed by atoms with E-state index in [1.165, 1.54) is 6.07 Å². The number of rotatable bonds is 7. The third kappa shape index (κ3) is 5.27. The van der Waals surface area contributed by atoms with E-state index >= 15 is 0 Å². The van der Waals surface area contributed by atoms with Gasteiger partial charge in [0.2, 0.25) is 5.82 Å². The summed E-state index contributed by atoms with van der Waals surface area (Å²) in [7, 11) is 0. The van der Waals surface area contributed by atoms with Crippen molar-refractivity contribution >= 4 is 17.3 Å². The molecule has 0 aliphatic carbocycles. The summed E-state index contributed by atoms with van der Waals surface area (Å²) >= 11 is 0. The first-order valence-electron chi connectivity index (χ1n) is 7.85. The molecule has 0 bridgehead atoms. The first kappa shape index (κ1) is 18.4. The lowest BCUT2D eigenvalue weighted by Gasteiger charge is -2.09. The number of benzene rings is 2. The van der Waals surface area contributed by atoms with E-state index < -0.39 is 22.3 Å². The monoisotopic (exact) mass is 346 g/mol. The van der Waals surface area contributed by atoms with Crippen molar-refractivity contribution in [2.75, 3.05) is 11.9 Å². The van der Waals surface area contributed by atoms with Crippen molar-refractivity contribution in [2.24, 2.45) is 5.92 Å². The van der Waals surface area contributed by atoms with Crippen LogP contribution in [-0.2, 0) is 0 Å². The van der Waals surface area contributed by atoms with Crippen LogP contribution in [-0.4, -0.2) is 17.4 Å². The molecule has 0 aromatic heterocycles. The van der Waals surface area contributed by atoms with Gasteiger partial charge in [0.15, 0.2) is 0 Å². The standard InChI is InChI=1S/C18H19FN2O4/c1-12(2)9-10-25-15-6-3-13(4-7-15)18(22)20-14-5-8-16(19)17(11-14)21(23)24/h3-8,11-12H,9-10H2,1-2H3,(H,20,22). The molecule has 0 heterocycles. The van der Waals surface area contributed by atoms with Gasteiger partial charge in [-0.2, -0.15) is 4.39 Å². The number of ether oxygens (including phenoxy) is 1. The largest absolute Gasteiger partial charge is 0.494 e. The lowest BCUT2D eigenvalue weighted by Crippen LogP contribution is -2.12. The smallest absolute Gasteiger partial charge is 0.306 e. The summed E-state index contributed by atoms with van der Waals surface area (Å²) in [5, 5.41) is 13.2. The molecule has 25 heavy (non-hydrogen) atoms. The Morgan fingerprint density at radius 1 is 1.24 bits per heavy atom. The molecule has 0 unspecified atom stereocenters. The zero-order chi connectivity index (χ0) is 18.4. The number of nitrogens with zero attached hydrogens (tertiary/aromatic N) is 1. The summed E-state index contributed by atoms with van der Waals surface area (Å²) in [5.74, 6) is -0.194. The van der Waals surface area contributed by atoms with Gasteiger partial charge in [-0.15, -0.1) is 0 Å². The van der Waals surface area contributed by atoms with Crippen molar-refractivity contribution in [3.8, 4) is 5.75 Å². The lowest BCUT2D eigenvalue weighted by molar-refractivity contribution is -0.387. The van der Waals surface area contributed by atoms with Crippen LogP contribution in [0.2, 0.25) is 0 Å². The molecule has 2 rings (SSSR count). The third-order valence-electron chi connectivity index (χ3n) is 3.48. The van der Waals surface area contributed by atoms with Crippen LogP contribution in [0.15, 0.2) is 42.5 Å². The highest BCUT2D eigenvalue weighted by atomic mass is 19.1. The SMILES string of the molecule is CC(C)CCOc1ccc(C(=O)Nc2ccc(F)c([N+](=O)[O-])c2)cc1. The summed E-state index contributed by atoms with van der Waals surface area (Å²) in [6, 6.07) is 9.75. The number of hydrogen-bond acceptors (Lipinski definition) is 4. The number of hydrogen-bond donors (Lipinski definition) is 1. The first-order chi connectivity index (χ1) is 11.9. The molecule has 0 saturated carbocycles. The van der Waals surface area contributed by atoms with E-state index in [1.54, 1.807) is 24.3 Å². The fourth-order valence-electron chi connectivity index (χ4n) is 2.05. The van der Waals surface area contributed by atoms with E-state index in [0.29, 0.717) is 23.8 Å². The van der Waals surface area contributed by atoms with Crippen molar-refractivity contribution in [2.45, 2.75) is 20.3 Å². The Kier molecular flexibility index (Phi) is 6.05. The summed E-state index contributed by atoms with van der Waals surface area (Å²) in [5.41, 5.74) is -0.176. The number of amides is 1. The molecule has 7 heteroatoms. The molecule has 0 aliphatic heterocycles. The average Bonchev–Trinajstić information content (AvgIpc) is 2.56. The molecule has 1 N–H and O–H groups in total. The topological polar surface area (TPSA) is 81.5 Å². The number of nitro groups is 1. The molecule has 0 aliphatic rings. The van der Waals surface area contributed by atoms with E-state index in [2.05, 4.69) is 19.2 Å². The summed E-state index contributed by atoms with van der Waals surface area (Å²) in [6.45, 7) is 4.82. The molecule has 0 spiro atoms. The molecule has 0 saturated heterocycles. The van der Waals surface area contributed by atoms with Gasteiger partial charge in [0.25, 0.3) is 5.91 Å². The second-order valence-electron chi connectivity index (χ2n) is 5.93. The average molecular weight is 346 g/mol. The van der Waals surface area contributed by atoms with Crippen LogP contribution < -0.4 is 10.1 Å². The lowest BCUT2D eigenvalue weighted by atomic mass is 10.1. The predicted molar refractivity (Wildman–Crippen MR) is 92.4 cm³/mol. The van der Waals surface area contributed by atoms with Crippen molar-refractivity contribution in [1.29, 1.82) is 0 Å². The van der Waals surface area contributed by atoms with E-state index in [0.717, 1.165) is 18.6 Å². The maximum Gasteiger partial charge on any atom is 0.306 e. The second-order valence-corrected chi connectivity index (χ2v) is 5.93. The molecule has 0 atom stereocenters. The van der Waals surface area contributed by atoms with E-state index in [4.69, 9.17) is 4.74 Å². The molecular weight excluding hydrogens is 327 g/mol. The Balaban J connectivity index is 2.01. The van der Waals surface area contributed by atoms with Crippen LogP contribution in [0.1, 0.15) is 30.6 Å². The Morgan fingerprint density at radius 3 is 2.52 bits per heavy atom. The quantitative estimate of drug-likeness (QED) is 0.595. The zero-order valence-electron chi connectivity index (χ0n) is 14.0. The number of nitro benzene ring substituents is 1. The Labute approximate surface area is 144 Å². The molecular formula is C18H19FN2O4. The summed E-state index contributed by atoms with van der Waals surface area (Å²) in [4.78, 5) is 22.1.